The first-order chi connectivity index (χ1) is 12.5. The van der Waals surface area contributed by atoms with Gasteiger partial charge in [-0.2, -0.15) is 0 Å². The largest absolute Gasteiger partial charge is 0.321 e. The van der Waals surface area contributed by atoms with Gasteiger partial charge < -0.3 is 10.6 Å². The highest BCUT2D eigenvalue weighted by Crippen LogP contribution is 2.27. The Balaban J connectivity index is 1.60. The van der Waals surface area contributed by atoms with E-state index in [-0.39, 0.29) is 17.1 Å². The summed E-state index contributed by atoms with van der Waals surface area (Å²) in [4.78, 5) is 30.3. The lowest BCUT2D eigenvalue weighted by atomic mass is 10.3. The van der Waals surface area contributed by atoms with Gasteiger partial charge in [0.2, 0.25) is 5.91 Å². The highest BCUT2D eigenvalue weighted by Gasteiger charge is 2.16. The number of benzene rings is 1. The maximum atomic E-state index is 12.3. The van der Waals surface area contributed by atoms with Gasteiger partial charge in [0, 0.05) is 16.0 Å². The first-order valence-electron chi connectivity index (χ1n) is 7.86. The van der Waals surface area contributed by atoms with E-state index in [1.807, 2.05) is 54.9 Å². The van der Waals surface area contributed by atoms with Gasteiger partial charge in [0.15, 0.2) is 5.13 Å². The van der Waals surface area contributed by atoms with E-state index in [2.05, 4.69) is 15.6 Å². The fourth-order valence-corrected chi connectivity index (χ4v) is 4.36. The number of nitrogens with zero attached hydrogens (tertiary/aromatic N) is 1. The molecule has 1 unspecified atom stereocenters. The average Bonchev–Trinajstić information content (AvgIpc) is 3.27. The van der Waals surface area contributed by atoms with Crippen molar-refractivity contribution >= 4 is 57.1 Å². The molecule has 0 spiro atoms. The topological polar surface area (TPSA) is 71.1 Å². The quantitative estimate of drug-likeness (QED) is 0.575. The van der Waals surface area contributed by atoms with E-state index < -0.39 is 0 Å². The minimum absolute atomic E-state index is 0.0997. The zero-order valence-corrected chi connectivity index (χ0v) is 16.6. The molecule has 8 heteroatoms. The van der Waals surface area contributed by atoms with Crippen LogP contribution in [-0.2, 0) is 4.79 Å². The number of thiazole rings is 1. The number of hydrogen-bond donors (Lipinski definition) is 2. The summed E-state index contributed by atoms with van der Waals surface area (Å²) in [5.41, 5.74) is 1.59. The van der Waals surface area contributed by atoms with Crippen LogP contribution in [0.5, 0.6) is 0 Å². The Morgan fingerprint density at radius 3 is 2.69 bits per heavy atom. The number of carbonyl (C=O) groups is 2. The molecule has 3 rings (SSSR count). The van der Waals surface area contributed by atoms with E-state index in [4.69, 9.17) is 0 Å². The molecule has 0 aliphatic rings. The molecule has 2 heterocycles. The first kappa shape index (κ1) is 18.6. The summed E-state index contributed by atoms with van der Waals surface area (Å²) in [5, 5.41) is 9.79. The normalized spacial score (nSPS) is 11.8. The van der Waals surface area contributed by atoms with E-state index >= 15 is 0 Å². The summed E-state index contributed by atoms with van der Waals surface area (Å²) >= 11 is 4.24. The average molecular weight is 404 g/mol. The standard InChI is InChI=1S/C18H17N3O2S3/c1-11-10-25-18(19-11)21-16(22)12(2)26-14-6-3-5-13(9-14)20-17(23)15-7-4-8-24-15/h3-10,12H,1-2H3,(H,20,23)(H,19,21,22). The summed E-state index contributed by atoms with van der Waals surface area (Å²) in [5.74, 6) is -0.232. The molecule has 5 nitrogen and oxygen atoms in total. The van der Waals surface area contributed by atoms with Crippen molar-refractivity contribution in [1.29, 1.82) is 0 Å². The minimum Gasteiger partial charge on any atom is -0.321 e. The third-order valence-corrected chi connectivity index (χ3v) is 6.21. The predicted molar refractivity (Wildman–Crippen MR) is 110 cm³/mol. The van der Waals surface area contributed by atoms with Gasteiger partial charge in [0.1, 0.15) is 0 Å². The van der Waals surface area contributed by atoms with Crippen LogP contribution in [0.3, 0.4) is 0 Å². The number of thiophene rings is 1. The monoisotopic (exact) mass is 403 g/mol. The molecule has 0 fully saturated rings. The van der Waals surface area contributed by atoms with Crippen LogP contribution in [0.4, 0.5) is 10.8 Å². The van der Waals surface area contributed by atoms with Crippen LogP contribution in [-0.4, -0.2) is 22.0 Å². The Morgan fingerprint density at radius 2 is 2.00 bits per heavy atom. The molecule has 0 saturated carbocycles. The summed E-state index contributed by atoms with van der Waals surface area (Å²) in [6, 6.07) is 11.1. The van der Waals surface area contributed by atoms with Crippen molar-refractivity contribution in [3.63, 3.8) is 0 Å². The van der Waals surface area contributed by atoms with Gasteiger partial charge in [-0.3, -0.25) is 9.59 Å². The molecule has 2 amide bonds. The SMILES string of the molecule is Cc1csc(NC(=O)C(C)Sc2cccc(NC(=O)c3cccs3)c2)n1. The molecule has 1 aromatic carbocycles. The number of aromatic nitrogens is 1. The number of anilines is 2. The lowest BCUT2D eigenvalue weighted by Crippen LogP contribution is -2.22. The second kappa shape index (κ2) is 8.48. The third kappa shape index (κ3) is 4.94. The van der Waals surface area contributed by atoms with Gasteiger partial charge in [0.25, 0.3) is 5.91 Å². The van der Waals surface area contributed by atoms with E-state index in [1.54, 1.807) is 6.07 Å². The van der Waals surface area contributed by atoms with E-state index in [1.165, 1.54) is 34.4 Å². The Bertz CT molecular complexity index is 906. The number of nitrogens with one attached hydrogen (secondary N) is 2. The van der Waals surface area contributed by atoms with Gasteiger partial charge in [-0.05, 0) is 43.5 Å². The van der Waals surface area contributed by atoms with Gasteiger partial charge in [-0.1, -0.05) is 12.1 Å². The maximum absolute atomic E-state index is 12.3. The van der Waals surface area contributed by atoms with Crippen molar-refractivity contribution in [3.05, 3.63) is 57.7 Å². The third-order valence-electron chi connectivity index (χ3n) is 3.37. The molecular weight excluding hydrogens is 386 g/mol. The minimum atomic E-state index is -0.289. The molecule has 3 aromatic rings. The van der Waals surface area contributed by atoms with Gasteiger partial charge in [-0.15, -0.1) is 34.4 Å². The number of rotatable bonds is 6. The van der Waals surface area contributed by atoms with Crippen LogP contribution in [0, 0.1) is 6.92 Å². The van der Waals surface area contributed by atoms with Crippen molar-refractivity contribution < 1.29 is 9.59 Å². The summed E-state index contributed by atoms with van der Waals surface area (Å²) < 4.78 is 0. The van der Waals surface area contributed by atoms with Crippen LogP contribution in [0.15, 0.2) is 52.1 Å². The number of amides is 2. The van der Waals surface area contributed by atoms with Gasteiger partial charge >= 0.3 is 0 Å². The highest BCUT2D eigenvalue weighted by atomic mass is 32.2. The van der Waals surface area contributed by atoms with E-state index in [0.29, 0.717) is 15.7 Å². The molecule has 1 atom stereocenters. The Hall–Kier alpha value is -2.16. The molecule has 134 valence electrons. The van der Waals surface area contributed by atoms with Crippen molar-refractivity contribution in [2.75, 3.05) is 10.6 Å². The predicted octanol–water partition coefficient (Wildman–Crippen LogP) is 4.88. The second-order valence-corrected chi connectivity index (χ2v) is 8.72. The number of aryl methyl sites for hydroxylation is 1. The zero-order valence-electron chi connectivity index (χ0n) is 14.2. The van der Waals surface area contributed by atoms with Gasteiger partial charge in [-0.25, -0.2) is 4.98 Å². The molecular formula is C18H17N3O2S3. The highest BCUT2D eigenvalue weighted by molar-refractivity contribution is 8.00. The molecule has 0 aliphatic heterocycles. The summed E-state index contributed by atoms with van der Waals surface area (Å²) in [6.07, 6.45) is 0. The zero-order chi connectivity index (χ0) is 18.5. The van der Waals surface area contributed by atoms with Crippen LogP contribution >= 0.6 is 34.4 Å². The smallest absolute Gasteiger partial charge is 0.265 e. The first-order valence-corrected chi connectivity index (χ1v) is 10.5. The molecule has 26 heavy (non-hydrogen) atoms. The molecule has 2 aromatic heterocycles. The Labute approximate surface area is 163 Å². The van der Waals surface area contributed by atoms with Gasteiger partial charge in [0.05, 0.1) is 15.8 Å². The molecule has 0 radical (unpaired) electrons. The van der Waals surface area contributed by atoms with E-state index in [9.17, 15) is 9.59 Å². The van der Waals surface area contributed by atoms with Crippen molar-refractivity contribution in [1.82, 2.24) is 4.98 Å². The number of carbonyl (C=O) groups excluding carboxylic acids is 2. The molecule has 2 N–H and O–H groups in total. The Kier molecular flexibility index (Phi) is 6.08. The number of hydrogen-bond acceptors (Lipinski definition) is 6. The fraction of sp³-hybridized carbons (Fsp3) is 0.167. The summed E-state index contributed by atoms with van der Waals surface area (Å²) in [7, 11) is 0. The number of thioether (sulfide) groups is 1. The van der Waals surface area contributed by atoms with Crippen molar-refractivity contribution in [3.8, 4) is 0 Å². The van der Waals surface area contributed by atoms with Crippen molar-refractivity contribution in [2.24, 2.45) is 0 Å². The maximum Gasteiger partial charge on any atom is 0.265 e. The lowest BCUT2D eigenvalue weighted by Gasteiger charge is -2.11. The summed E-state index contributed by atoms with van der Waals surface area (Å²) in [6.45, 7) is 3.73. The van der Waals surface area contributed by atoms with Crippen LogP contribution in [0.1, 0.15) is 22.3 Å². The Morgan fingerprint density at radius 1 is 1.15 bits per heavy atom. The molecule has 0 bridgehead atoms. The van der Waals surface area contributed by atoms with Crippen LogP contribution in [0.2, 0.25) is 0 Å². The van der Waals surface area contributed by atoms with Crippen molar-refractivity contribution in [2.45, 2.75) is 24.0 Å². The second-order valence-electron chi connectivity index (χ2n) is 5.50. The molecule has 0 aliphatic carbocycles. The fourth-order valence-electron chi connectivity index (χ4n) is 2.12. The van der Waals surface area contributed by atoms with Crippen LogP contribution < -0.4 is 10.6 Å². The lowest BCUT2D eigenvalue weighted by molar-refractivity contribution is -0.115. The molecule has 0 saturated heterocycles. The van der Waals surface area contributed by atoms with Crippen LogP contribution in [0.25, 0.3) is 0 Å². The van der Waals surface area contributed by atoms with E-state index in [0.717, 1.165) is 10.6 Å².